The predicted octanol–water partition coefficient (Wildman–Crippen LogP) is 3.34. The fraction of sp³-hybridized carbons (Fsp3) is 0.667. The number of guanidine groups is 1. The van der Waals surface area contributed by atoms with E-state index in [1.807, 2.05) is 0 Å². The molecule has 1 heterocycles. The molecule has 0 amide bonds. The van der Waals surface area contributed by atoms with E-state index in [-0.39, 0.29) is 24.0 Å². The monoisotopic (exact) mass is 487 g/mol. The second-order valence-corrected chi connectivity index (χ2v) is 7.29. The van der Waals surface area contributed by atoms with Gasteiger partial charge >= 0.3 is 0 Å². The maximum Gasteiger partial charge on any atom is 0.191 e. The molecule has 5 nitrogen and oxygen atoms in total. The zero-order chi connectivity index (χ0) is 18.8. The van der Waals surface area contributed by atoms with Gasteiger partial charge < -0.3 is 15.5 Å². The van der Waals surface area contributed by atoms with Crippen LogP contribution in [0.4, 0.5) is 0 Å². The Balaban J connectivity index is 0.00000364. The molecule has 1 fully saturated rings. The summed E-state index contributed by atoms with van der Waals surface area (Å²) in [5.41, 5.74) is 1.43. The number of nitrogens with zero attached hydrogens (tertiary/aromatic N) is 3. The molecule has 2 N–H and O–H groups in total. The van der Waals surface area contributed by atoms with E-state index < -0.39 is 0 Å². The van der Waals surface area contributed by atoms with Gasteiger partial charge in [0, 0.05) is 51.4 Å². The lowest BCUT2D eigenvalue weighted by Crippen LogP contribution is -2.47. The van der Waals surface area contributed by atoms with E-state index in [0.717, 1.165) is 58.1 Å². The third kappa shape index (κ3) is 8.35. The van der Waals surface area contributed by atoms with E-state index in [4.69, 9.17) is 4.99 Å². The van der Waals surface area contributed by atoms with Gasteiger partial charge in [0.1, 0.15) is 0 Å². The molecular formula is C21H38IN5. The number of rotatable bonds is 8. The first-order chi connectivity index (χ1) is 12.6. The molecule has 1 saturated heterocycles. The Hall–Kier alpha value is -0.860. The predicted molar refractivity (Wildman–Crippen MR) is 127 cm³/mol. The normalized spacial score (nSPS) is 20.0. The lowest BCUT2D eigenvalue weighted by atomic mass is 10.0. The Morgan fingerprint density at radius 1 is 1.22 bits per heavy atom. The van der Waals surface area contributed by atoms with Crippen LogP contribution in [0.25, 0.3) is 0 Å². The number of nitrogens with one attached hydrogen (secondary N) is 2. The van der Waals surface area contributed by atoms with Crippen LogP contribution in [0.1, 0.15) is 45.2 Å². The molecule has 1 aliphatic rings. The maximum absolute atomic E-state index is 4.76. The first-order valence-corrected chi connectivity index (χ1v) is 10.2. The molecule has 0 saturated carbocycles. The van der Waals surface area contributed by atoms with Crippen LogP contribution in [0, 0.1) is 0 Å². The SMILES string of the molecule is CCNC(=NCCCN1CCN(C)CC1c1ccccc1)NC(C)CC.I. The van der Waals surface area contributed by atoms with Gasteiger partial charge in [-0.15, -0.1) is 24.0 Å². The molecule has 27 heavy (non-hydrogen) atoms. The molecule has 0 radical (unpaired) electrons. The van der Waals surface area contributed by atoms with Crippen molar-refractivity contribution in [3.05, 3.63) is 35.9 Å². The smallest absolute Gasteiger partial charge is 0.191 e. The molecule has 1 aliphatic heterocycles. The average molecular weight is 487 g/mol. The minimum absolute atomic E-state index is 0. The Kier molecular flexibility index (Phi) is 11.9. The highest BCUT2D eigenvalue weighted by Gasteiger charge is 2.25. The summed E-state index contributed by atoms with van der Waals surface area (Å²) in [4.78, 5) is 9.82. The summed E-state index contributed by atoms with van der Waals surface area (Å²) < 4.78 is 0. The van der Waals surface area contributed by atoms with Crippen molar-refractivity contribution in [1.29, 1.82) is 0 Å². The average Bonchev–Trinajstić information content (AvgIpc) is 2.66. The number of likely N-dealkylation sites (N-methyl/N-ethyl adjacent to an activating group) is 1. The Morgan fingerprint density at radius 3 is 2.63 bits per heavy atom. The minimum atomic E-state index is 0. The van der Waals surface area contributed by atoms with Crippen molar-refractivity contribution in [1.82, 2.24) is 20.4 Å². The molecule has 0 spiro atoms. The second kappa shape index (κ2) is 13.3. The van der Waals surface area contributed by atoms with Crippen LogP contribution >= 0.6 is 24.0 Å². The first kappa shape index (κ1) is 24.2. The molecule has 2 unspecified atom stereocenters. The Labute approximate surface area is 183 Å². The zero-order valence-electron chi connectivity index (χ0n) is 17.4. The van der Waals surface area contributed by atoms with Gasteiger partial charge in [0.2, 0.25) is 0 Å². The van der Waals surface area contributed by atoms with Gasteiger partial charge in [0.15, 0.2) is 5.96 Å². The summed E-state index contributed by atoms with van der Waals surface area (Å²) >= 11 is 0. The van der Waals surface area contributed by atoms with Gasteiger partial charge in [-0.1, -0.05) is 37.3 Å². The van der Waals surface area contributed by atoms with Crippen molar-refractivity contribution in [3.63, 3.8) is 0 Å². The summed E-state index contributed by atoms with van der Waals surface area (Å²) in [6, 6.07) is 11.9. The molecule has 1 aromatic carbocycles. The van der Waals surface area contributed by atoms with Crippen LogP contribution < -0.4 is 10.6 Å². The molecule has 2 rings (SSSR count). The molecular weight excluding hydrogens is 449 g/mol. The molecule has 154 valence electrons. The summed E-state index contributed by atoms with van der Waals surface area (Å²) in [5, 5.41) is 6.81. The number of piperazine rings is 1. The third-order valence-corrected chi connectivity index (χ3v) is 5.09. The highest BCUT2D eigenvalue weighted by Crippen LogP contribution is 2.24. The van der Waals surface area contributed by atoms with Gasteiger partial charge in [0.05, 0.1) is 0 Å². The minimum Gasteiger partial charge on any atom is -0.357 e. The Morgan fingerprint density at radius 2 is 1.96 bits per heavy atom. The van der Waals surface area contributed by atoms with E-state index in [0.29, 0.717) is 12.1 Å². The lowest BCUT2D eigenvalue weighted by molar-refractivity contribution is 0.0894. The van der Waals surface area contributed by atoms with Gasteiger partial charge in [0.25, 0.3) is 0 Å². The summed E-state index contributed by atoms with van der Waals surface area (Å²) in [7, 11) is 2.22. The molecule has 1 aromatic rings. The lowest BCUT2D eigenvalue weighted by Gasteiger charge is -2.40. The highest BCUT2D eigenvalue weighted by atomic mass is 127. The van der Waals surface area contributed by atoms with Crippen LogP contribution in [-0.2, 0) is 0 Å². The molecule has 0 aromatic heterocycles. The quantitative estimate of drug-likeness (QED) is 0.256. The number of hydrogen-bond donors (Lipinski definition) is 2. The van der Waals surface area contributed by atoms with Crippen molar-refractivity contribution in [2.45, 2.75) is 45.7 Å². The van der Waals surface area contributed by atoms with E-state index in [1.165, 1.54) is 5.56 Å². The zero-order valence-corrected chi connectivity index (χ0v) is 19.8. The van der Waals surface area contributed by atoms with Crippen molar-refractivity contribution in [3.8, 4) is 0 Å². The molecule has 2 atom stereocenters. The van der Waals surface area contributed by atoms with Crippen LogP contribution in [0.15, 0.2) is 35.3 Å². The summed E-state index contributed by atoms with van der Waals surface area (Å²) in [5.74, 6) is 0.944. The standard InChI is InChI=1S/C21H37N5.HI/c1-5-18(3)24-21(22-6-2)23-13-10-14-26-16-15-25(4)17-20(26)19-11-8-7-9-12-19;/h7-9,11-12,18,20H,5-6,10,13-17H2,1-4H3,(H2,22,23,24);1H. The fourth-order valence-corrected chi connectivity index (χ4v) is 3.34. The van der Waals surface area contributed by atoms with Crippen LogP contribution in [0.5, 0.6) is 0 Å². The van der Waals surface area contributed by atoms with Gasteiger partial charge in [-0.25, -0.2) is 0 Å². The number of benzene rings is 1. The van der Waals surface area contributed by atoms with E-state index in [9.17, 15) is 0 Å². The van der Waals surface area contributed by atoms with Crippen molar-refractivity contribution in [2.24, 2.45) is 4.99 Å². The number of halogens is 1. The van der Waals surface area contributed by atoms with Gasteiger partial charge in [-0.05, 0) is 39.3 Å². The topological polar surface area (TPSA) is 42.9 Å². The first-order valence-electron chi connectivity index (χ1n) is 10.2. The van der Waals surface area contributed by atoms with E-state index in [2.05, 4.69) is 78.6 Å². The molecule has 0 aliphatic carbocycles. The second-order valence-electron chi connectivity index (χ2n) is 7.29. The summed E-state index contributed by atoms with van der Waals surface area (Å²) in [6.07, 6.45) is 2.19. The van der Waals surface area contributed by atoms with Gasteiger partial charge in [-0.2, -0.15) is 0 Å². The van der Waals surface area contributed by atoms with Crippen LogP contribution in [0.3, 0.4) is 0 Å². The van der Waals surface area contributed by atoms with Crippen molar-refractivity contribution in [2.75, 3.05) is 46.3 Å². The van der Waals surface area contributed by atoms with E-state index in [1.54, 1.807) is 0 Å². The largest absolute Gasteiger partial charge is 0.357 e. The summed E-state index contributed by atoms with van der Waals surface area (Å²) in [6.45, 7) is 12.7. The molecule has 0 bridgehead atoms. The third-order valence-electron chi connectivity index (χ3n) is 5.09. The van der Waals surface area contributed by atoms with Crippen LogP contribution in [0.2, 0.25) is 0 Å². The van der Waals surface area contributed by atoms with Gasteiger partial charge in [-0.3, -0.25) is 9.89 Å². The maximum atomic E-state index is 4.76. The fourth-order valence-electron chi connectivity index (χ4n) is 3.34. The Bertz CT molecular complexity index is 537. The van der Waals surface area contributed by atoms with Crippen LogP contribution in [-0.4, -0.2) is 68.1 Å². The van der Waals surface area contributed by atoms with Crippen molar-refractivity contribution >= 4 is 29.9 Å². The number of hydrogen-bond acceptors (Lipinski definition) is 3. The highest BCUT2D eigenvalue weighted by molar-refractivity contribution is 14.0. The van der Waals surface area contributed by atoms with Crippen molar-refractivity contribution < 1.29 is 0 Å². The number of aliphatic imine (C=N–C) groups is 1. The molecule has 6 heteroatoms. The van der Waals surface area contributed by atoms with E-state index >= 15 is 0 Å².